The van der Waals surface area contributed by atoms with Gasteiger partial charge in [0.1, 0.15) is 0 Å². The van der Waals surface area contributed by atoms with Crippen LogP contribution in [0.1, 0.15) is 49.9 Å². The Balaban J connectivity index is 0.894. The Morgan fingerprint density at radius 2 is 0.857 bits per heavy atom. The second-order valence-corrected chi connectivity index (χ2v) is 24.7. The van der Waals surface area contributed by atoms with Crippen molar-refractivity contribution in [3.63, 3.8) is 0 Å². The molecule has 0 saturated heterocycles. The normalized spacial score (nSPS) is 13.9. The number of benzene rings is 14. The molecule has 0 unspecified atom stereocenters. The molecule has 14 aromatic carbocycles. The van der Waals surface area contributed by atoms with Crippen molar-refractivity contribution in [1.29, 1.82) is 0 Å². The molecule has 0 aliphatic heterocycles. The minimum atomic E-state index is -0.443. The quantitative estimate of drug-likeness (QED) is 0.161. The summed E-state index contributed by atoms with van der Waals surface area (Å²) in [6, 6.07) is 101. The Hall–Kier alpha value is -10.3. The predicted molar refractivity (Wildman–Crippen MR) is 356 cm³/mol. The molecule has 0 bridgehead atoms. The third kappa shape index (κ3) is 6.35. The smallest absolute Gasteiger partial charge is 0.0594 e. The van der Waals surface area contributed by atoms with Crippen LogP contribution in [0.2, 0.25) is 0 Å². The molecule has 394 valence electrons. The summed E-state index contributed by atoms with van der Waals surface area (Å²) in [6.07, 6.45) is 0. The van der Waals surface area contributed by atoms with Gasteiger partial charge in [0.15, 0.2) is 0 Å². The molecule has 2 nitrogen and oxygen atoms in total. The second-order valence-electron chi connectivity index (χ2n) is 24.7. The first-order chi connectivity index (χ1) is 41.2. The number of nitrogens with zero attached hydrogens (tertiary/aromatic N) is 2. The first-order valence-electron chi connectivity index (χ1n) is 29.7. The molecule has 18 rings (SSSR count). The van der Waals surface area contributed by atoms with Gasteiger partial charge in [-0.25, -0.2) is 0 Å². The van der Waals surface area contributed by atoms with Crippen LogP contribution >= 0.6 is 0 Å². The SMILES string of the molecule is CC1(C)c2ccccc2-c2ccc(N(c3ccc4c(c3)C(C)(C)c3c-4c4ccccc4c4c5cc(-c6ccc7c8c(cccc68)-c6ccccc6-7)ccc5n(-c5cccc6ccccc56)c34)c3ccc(-c4ccccc4)c4ccccc34)cc21. The molecule has 0 fully saturated rings. The maximum absolute atomic E-state index is 2.64. The lowest BCUT2D eigenvalue weighted by molar-refractivity contribution is 0.660. The topological polar surface area (TPSA) is 8.17 Å². The van der Waals surface area contributed by atoms with Crippen LogP contribution in [0, 0.1) is 0 Å². The van der Waals surface area contributed by atoms with Gasteiger partial charge in [-0.1, -0.05) is 246 Å². The molecule has 0 amide bonds. The summed E-state index contributed by atoms with van der Waals surface area (Å²) in [7, 11) is 0. The number of anilines is 3. The van der Waals surface area contributed by atoms with Gasteiger partial charge in [-0.15, -0.1) is 0 Å². The highest BCUT2D eigenvalue weighted by Gasteiger charge is 2.42. The molecule has 0 atom stereocenters. The van der Waals surface area contributed by atoms with E-state index in [1.165, 1.54) is 160 Å². The molecule has 84 heavy (non-hydrogen) atoms. The van der Waals surface area contributed by atoms with Crippen LogP contribution in [0.15, 0.2) is 267 Å². The fourth-order valence-electron chi connectivity index (χ4n) is 15.9. The van der Waals surface area contributed by atoms with E-state index in [9.17, 15) is 0 Å². The van der Waals surface area contributed by atoms with Gasteiger partial charge in [0, 0.05) is 43.7 Å². The average molecular weight is 1070 g/mol. The molecule has 0 saturated carbocycles. The van der Waals surface area contributed by atoms with Crippen LogP contribution < -0.4 is 4.90 Å². The number of hydrogen-bond acceptors (Lipinski definition) is 1. The number of fused-ring (bicyclic) bond motifs is 18. The summed E-state index contributed by atoms with van der Waals surface area (Å²) in [5.41, 5.74) is 27.3. The van der Waals surface area contributed by atoms with Crippen molar-refractivity contribution in [3.8, 4) is 72.4 Å². The standard InChI is InChI=1S/C82H56N2/c1-81(2)70-34-17-16-28-60(70)61-39-37-52(47-71(61)81)83(74-45-43-54(49-20-6-5-7-21-49)57-25-12-13-29-62(57)74)53-38-40-68-72(48-53)82(3,4)79-77(68)65-30-14-15-31-66(65)78-69-46-51(36-44-75(69)84(80(78)79)73-35-18-23-50-22-8-9-24-56(50)73)55-41-42-67-59-27-11-10-26-58(59)64-33-19-32-63(55)76(64)67/h5-48H,1-4H3. The second kappa shape index (κ2) is 17.1. The van der Waals surface area contributed by atoms with Crippen molar-refractivity contribution in [2.75, 3.05) is 4.90 Å². The molecule has 15 aromatic rings. The van der Waals surface area contributed by atoms with E-state index in [0.29, 0.717) is 0 Å². The largest absolute Gasteiger partial charge is 0.310 e. The first-order valence-corrected chi connectivity index (χ1v) is 29.7. The van der Waals surface area contributed by atoms with E-state index in [4.69, 9.17) is 0 Å². The third-order valence-corrected chi connectivity index (χ3v) is 19.7. The summed E-state index contributed by atoms with van der Waals surface area (Å²) in [5, 5.41) is 12.6. The molecule has 0 spiro atoms. The molecular weight excluding hydrogens is 1010 g/mol. The van der Waals surface area contributed by atoms with E-state index < -0.39 is 5.41 Å². The fraction of sp³-hybridized carbons (Fsp3) is 0.0732. The fourth-order valence-corrected chi connectivity index (χ4v) is 15.9. The lowest BCUT2D eigenvalue weighted by Gasteiger charge is -2.31. The maximum atomic E-state index is 2.64. The van der Waals surface area contributed by atoms with Gasteiger partial charge in [0.05, 0.1) is 22.4 Å². The summed E-state index contributed by atoms with van der Waals surface area (Å²) in [4.78, 5) is 2.55. The van der Waals surface area contributed by atoms with Crippen molar-refractivity contribution >= 4 is 82.0 Å². The van der Waals surface area contributed by atoms with Crippen LogP contribution in [-0.4, -0.2) is 4.57 Å². The van der Waals surface area contributed by atoms with E-state index in [1.54, 1.807) is 0 Å². The Kier molecular flexibility index (Phi) is 9.67. The van der Waals surface area contributed by atoms with Crippen molar-refractivity contribution in [3.05, 3.63) is 289 Å². The van der Waals surface area contributed by atoms with Gasteiger partial charge >= 0.3 is 0 Å². The van der Waals surface area contributed by atoms with Crippen molar-refractivity contribution in [1.82, 2.24) is 4.57 Å². The zero-order valence-corrected chi connectivity index (χ0v) is 47.3. The Morgan fingerprint density at radius 1 is 0.310 bits per heavy atom. The monoisotopic (exact) mass is 1070 g/mol. The van der Waals surface area contributed by atoms with E-state index in [1.807, 2.05) is 0 Å². The van der Waals surface area contributed by atoms with Crippen LogP contribution in [0.3, 0.4) is 0 Å². The van der Waals surface area contributed by atoms with Crippen LogP contribution in [0.5, 0.6) is 0 Å². The van der Waals surface area contributed by atoms with Gasteiger partial charge < -0.3 is 9.47 Å². The summed E-state index contributed by atoms with van der Waals surface area (Å²) < 4.78 is 2.64. The van der Waals surface area contributed by atoms with Gasteiger partial charge in [-0.3, -0.25) is 0 Å². The Morgan fingerprint density at radius 3 is 1.65 bits per heavy atom. The number of hydrogen-bond donors (Lipinski definition) is 0. The number of rotatable bonds is 6. The maximum Gasteiger partial charge on any atom is 0.0594 e. The molecule has 0 radical (unpaired) electrons. The molecule has 1 heterocycles. The average Bonchev–Trinajstić information content (AvgIpc) is 2.07. The summed E-state index contributed by atoms with van der Waals surface area (Å²) in [6.45, 7) is 9.75. The molecular formula is C82H56N2. The van der Waals surface area contributed by atoms with Gasteiger partial charge in [0.2, 0.25) is 0 Å². The zero-order chi connectivity index (χ0) is 55.7. The van der Waals surface area contributed by atoms with E-state index in [-0.39, 0.29) is 5.41 Å². The van der Waals surface area contributed by atoms with Gasteiger partial charge in [-0.05, 0) is 170 Å². The van der Waals surface area contributed by atoms with E-state index in [0.717, 1.165) is 17.1 Å². The predicted octanol–water partition coefficient (Wildman–Crippen LogP) is 22.5. The minimum Gasteiger partial charge on any atom is -0.310 e. The minimum absolute atomic E-state index is 0.174. The van der Waals surface area contributed by atoms with Crippen LogP contribution in [-0.2, 0) is 10.8 Å². The van der Waals surface area contributed by atoms with E-state index >= 15 is 0 Å². The molecule has 2 heteroatoms. The van der Waals surface area contributed by atoms with E-state index in [2.05, 4.69) is 304 Å². The van der Waals surface area contributed by atoms with Crippen molar-refractivity contribution in [2.45, 2.75) is 38.5 Å². The highest BCUT2D eigenvalue weighted by molar-refractivity contribution is 6.28. The van der Waals surface area contributed by atoms with Crippen LogP contribution in [0.25, 0.3) is 137 Å². The Bertz CT molecular complexity index is 5350. The first kappa shape index (κ1) is 47.4. The van der Waals surface area contributed by atoms with Gasteiger partial charge in [-0.2, -0.15) is 0 Å². The highest BCUT2D eigenvalue weighted by Crippen LogP contribution is 2.59. The molecule has 1 aromatic heterocycles. The third-order valence-electron chi connectivity index (χ3n) is 19.7. The molecule has 0 N–H and O–H groups in total. The summed E-state index contributed by atoms with van der Waals surface area (Å²) in [5.74, 6) is 0. The summed E-state index contributed by atoms with van der Waals surface area (Å²) >= 11 is 0. The lowest BCUT2D eigenvalue weighted by atomic mass is 9.80. The molecule has 3 aliphatic rings. The Labute approximate surface area is 488 Å². The highest BCUT2D eigenvalue weighted by atomic mass is 15.1. The number of aromatic nitrogens is 1. The van der Waals surface area contributed by atoms with Crippen LogP contribution in [0.4, 0.5) is 17.1 Å². The van der Waals surface area contributed by atoms with Crippen molar-refractivity contribution in [2.24, 2.45) is 0 Å². The van der Waals surface area contributed by atoms with Gasteiger partial charge in [0.25, 0.3) is 0 Å². The zero-order valence-electron chi connectivity index (χ0n) is 47.3. The molecule has 3 aliphatic carbocycles. The lowest BCUT2D eigenvalue weighted by Crippen LogP contribution is -2.18. The van der Waals surface area contributed by atoms with Crippen molar-refractivity contribution < 1.29 is 0 Å².